The molecule has 0 unspecified atom stereocenters. The van der Waals surface area contributed by atoms with E-state index in [0.717, 1.165) is 12.7 Å². The monoisotopic (exact) mass is 775 g/mol. The number of carboxylic acids is 1. The Morgan fingerprint density at radius 1 is 1.07 bits per heavy atom. The van der Waals surface area contributed by atoms with Gasteiger partial charge in [0.2, 0.25) is 0 Å². The van der Waals surface area contributed by atoms with Crippen molar-refractivity contribution in [2.45, 2.75) is 12.5 Å². The molecule has 0 aliphatic rings. The Morgan fingerprint density at radius 3 is 2.07 bits per heavy atom. The van der Waals surface area contributed by atoms with Crippen LogP contribution in [0.2, 0.25) is 0 Å². The second-order valence-corrected chi connectivity index (χ2v) is 9.67. The van der Waals surface area contributed by atoms with Crippen molar-refractivity contribution in [3.8, 4) is 17.2 Å². The first-order valence-electron chi connectivity index (χ1n) is 7.03. The molecule has 0 aliphatic heterocycles. The molecular weight excluding hydrogens is 765 g/mol. The summed E-state index contributed by atoms with van der Waals surface area (Å²) in [5.41, 5.74) is 6.24. The molecule has 8 nitrogen and oxygen atoms in total. The summed E-state index contributed by atoms with van der Waals surface area (Å²) in [5, 5.41) is 10.8. The Kier molecular flexibility index (Phi) is 14.0. The number of hydrogen-bond donors (Lipinski definition) is 1. The fourth-order valence-corrected chi connectivity index (χ4v) is 5.23. The van der Waals surface area contributed by atoms with Gasteiger partial charge in [-0.2, -0.15) is 0 Å². The first-order valence-corrected chi connectivity index (χ1v) is 11.6. The first-order chi connectivity index (χ1) is 12.5. The molecule has 0 radical (unpaired) electrons. The van der Waals surface area contributed by atoms with Gasteiger partial charge in [0.15, 0.2) is 11.5 Å². The fourth-order valence-electron chi connectivity index (χ4n) is 2.01. The van der Waals surface area contributed by atoms with Gasteiger partial charge in [-0.3, -0.25) is 0 Å². The molecule has 0 aromatic heterocycles. The van der Waals surface area contributed by atoms with E-state index >= 15 is 0 Å². The van der Waals surface area contributed by atoms with E-state index in [0.29, 0.717) is 15.1 Å². The Hall–Kier alpha value is 1.57. The molecule has 0 aliphatic carbocycles. The normalized spacial score (nSPS) is 11.6. The van der Waals surface area contributed by atoms with Gasteiger partial charge < -0.3 is 29.1 Å². The molecule has 0 bridgehead atoms. The average Bonchev–Trinajstić information content (AvgIpc) is 2.52. The largest absolute Gasteiger partial charge is 1.00 e. The Morgan fingerprint density at radius 2 is 1.62 bits per heavy atom. The number of ether oxygens (including phenoxy) is 1. The topological polar surface area (TPSA) is 142 Å². The first kappa shape index (κ1) is 30.6. The van der Waals surface area contributed by atoms with E-state index in [-0.39, 0.29) is 71.3 Å². The van der Waals surface area contributed by atoms with Crippen molar-refractivity contribution >= 4 is 84.1 Å². The van der Waals surface area contributed by atoms with Crippen molar-refractivity contribution in [1.82, 2.24) is 0 Å². The Balaban J connectivity index is 0.00000392. The summed E-state index contributed by atoms with van der Waals surface area (Å²) in [6.45, 7) is 0. The van der Waals surface area contributed by atoms with Crippen LogP contribution in [-0.2, 0) is 21.6 Å². The van der Waals surface area contributed by atoms with Crippen molar-refractivity contribution in [3.05, 3.63) is 46.6 Å². The van der Waals surface area contributed by atoms with E-state index in [4.69, 9.17) is 10.5 Å². The van der Waals surface area contributed by atoms with Crippen LogP contribution >= 0.6 is 67.8 Å². The summed E-state index contributed by atoms with van der Waals surface area (Å²) in [7, 11) is -4.86. The van der Waals surface area contributed by atoms with Crippen LogP contribution in [0, 0.1) is 10.7 Å². The predicted octanol–water partition coefficient (Wildman–Crippen LogP) is -4.24. The van der Waals surface area contributed by atoms with Gasteiger partial charge in [-0.1, -0.05) is 0 Å². The molecule has 2 aromatic carbocycles. The molecule has 2 aromatic rings. The van der Waals surface area contributed by atoms with E-state index < -0.39 is 22.4 Å². The van der Waals surface area contributed by atoms with Crippen LogP contribution in [0.25, 0.3) is 0 Å². The Bertz CT molecular complexity index is 969. The maximum absolute atomic E-state index is 10.8. The van der Waals surface area contributed by atoms with Crippen molar-refractivity contribution in [2.24, 2.45) is 5.73 Å². The van der Waals surface area contributed by atoms with Gasteiger partial charge in [-0.15, -0.1) is 0 Å². The smallest absolute Gasteiger partial charge is 0.716 e. The minimum Gasteiger partial charge on any atom is -0.716 e. The fraction of sp³-hybridized carbons (Fsp3) is 0.133. The van der Waals surface area contributed by atoms with Crippen LogP contribution < -0.4 is 78.9 Å². The molecule has 1 atom stereocenters. The van der Waals surface area contributed by atoms with Crippen LogP contribution in [0.15, 0.2) is 30.3 Å². The number of carbonyl (C=O) groups excluding carboxylic acids is 1. The molecule has 146 valence electrons. The maximum atomic E-state index is 10.8. The van der Waals surface area contributed by atoms with Crippen LogP contribution in [-0.4, -0.2) is 25.0 Å². The molecule has 0 fully saturated rings. The number of halogens is 3. The number of hydrogen-bond acceptors (Lipinski definition) is 8. The third kappa shape index (κ3) is 9.93. The zero-order valence-corrected chi connectivity index (χ0v) is 26.4. The average molecular weight is 775 g/mol. The second kappa shape index (κ2) is 13.3. The van der Waals surface area contributed by atoms with Gasteiger partial charge in [-0.25, -0.2) is 8.42 Å². The number of benzene rings is 2. The number of nitrogens with two attached hydrogens (primary N) is 1. The molecule has 29 heavy (non-hydrogen) atoms. The molecule has 2 rings (SSSR count). The third-order valence-corrected chi connectivity index (χ3v) is 5.96. The summed E-state index contributed by atoms with van der Waals surface area (Å²) in [6, 6.07) is 6.72. The third-order valence-electron chi connectivity index (χ3n) is 3.13. The standard InChI is InChI=1S/C15H12I3NO7S.2Na/c16-9-6-8(1-2-13(9)26-27(22,23)24)25-14-10(17)3-7(4-11(14)18)5-12(19)15(20)21;;/h1-4,6,12H,5,19H2,(H,20,21)(H,22,23,24);;/q;2*+1/p-2/t12-;;/m0../s1. The minimum atomic E-state index is -4.86. The SMILES string of the molecule is N[C@@H](Cc1cc(I)c(Oc2ccc(OS(=O)(=O)[O-])c(I)c2)c(I)c1)C(=O)[O-].[Na+].[Na+]. The summed E-state index contributed by atoms with van der Waals surface area (Å²) in [6.07, 6.45) is 0.127. The van der Waals surface area contributed by atoms with E-state index in [1.54, 1.807) is 12.1 Å². The number of carbonyl (C=O) groups is 1. The molecule has 0 spiro atoms. The van der Waals surface area contributed by atoms with Gasteiger partial charge >= 0.3 is 59.1 Å². The molecule has 2 N–H and O–H groups in total. The zero-order chi connectivity index (χ0) is 20.4. The van der Waals surface area contributed by atoms with Crippen molar-refractivity contribution in [2.75, 3.05) is 0 Å². The quantitative estimate of drug-likeness (QED) is 0.129. The molecule has 14 heteroatoms. The van der Waals surface area contributed by atoms with Gasteiger partial charge in [0.25, 0.3) is 10.4 Å². The summed E-state index contributed by atoms with van der Waals surface area (Å²) in [4.78, 5) is 10.8. The van der Waals surface area contributed by atoms with Gasteiger partial charge in [0.05, 0.1) is 16.7 Å². The molecular formula is C15H10I3NNa2O7S. The van der Waals surface area contributed by atoms with E-state index in [1.807, 2.05) is 22.6 Å². The molecule has 0 saturated heterocycles. The van der Waals surface area contributed by atoms with Crippen LogP contribution in [0.3, 0.4) is 0 Å². The van der Waals surface area contributed by atoms with Crippen LogP contribution in [0.5, 0.6) is 17.2 Å². The number of aliphatic carboxylic acids is 1. The van der Waals surface area contributed by atoms with Gasteiger partial charge in [0, 0.05) is 6.04 Å². The van der Waals surface area contributed by atoms with E-state index in [1.165, 1.54) is 18.2 Å². The minimum absolute atomic E-state index is 0. The predicted molar refractivity (Wildman–Crippen MR) is 118 cm³/mol. The van der Waals surface area contributed by atoms with E-state index in [2.05, 4.69) is 49.4 Å². The molecule has 0 amide bonds. The number of carboxylic acid groups (broad SMARTS) is 1. The molecule has 0 heterocycles. The van der Waals surface area contributed by atoms with Gasteiger partial charge in [-0.05, 0) is 110 Å². The van der Waals surface area contributed by atoms with Crippen LogP contribution in [0.4, 0.5) is 0 Å². The second-order valence-electron chi connectivity index (χ2n) is 5.20. The summed E-state index contributed by atoms with van der Waals surface area (Å²) >= 11 is 5.93. The maximum Gasteiger partial charge on any atom is 1.00 e. The molecule has 0 saturated carbocycles. The number of rotatable bonds is 7. The van der Waals surface area contributed by atoms with E-state index in [9.17, 15) is 22.9 Å². The summed E-state index contributed by atoms with van der Waals surface area (Å²) in [5.74, 6) is -0.459. The van der Waals surface area contributed by atoms with Crippen molar-refractivity contribution in [1.29, 1.82) is 0 Å². The zero-order valence-electron chi connectivity index (χ0n) is 15.1. The van der Waals surface area contributed by atoms with Crippen molar-refractivity contribution in [3.63, 3.8) is 0 Å². The Labute approximate surface area is 253 Å². The van der Waals surface area contributed by atoms with Crippen LogP contribution in [0.1, 0.15) is 5.56 Å². The van der Waals surface area contributed by atoms with Crippen molar-refractivity contribution < 1.29 is 90.9 Å². The summed E-state index contributed by atoms with van der Waals surface area (Å²) < 4.78 is 44.2. The van der Waals surface area contributed by atoms with Gasteiger partial charge in [0.1, 0.15) is 5.75 Å².